The Balaban J connectivity index is 1.92. The normalized spacial score (nSPS) is 10.7. The molecule has 0 fully saturated rings. The number of nitrogens with one attached hydrogen (secondary N) is 2. The molecule has 0 radical (unpaired) electrons. The Hall–Kier alpha value is -2.93. The maximum atomic E-state index is 13.2. The number of hydrogen-bond donors (Lipinski definition) is 2. The number of hydrogen-bond acceptors (Lipinski definition) is 4. The Morgan fingerprint density at radius 3 is 2.52 bits per heavy atom. The summed E-state index contributed by atoms with van der Waals surface area (Å²) in [6, 6.07) is 5.78. The number of fused-ring (bicyclic) bond motifs is 1. The maximum absolute atomic E-state index is 13.2. The highest BCUT2D eigenvalue weighted by Gasteiger charge is 2.21. The Bertz CT molecular complexity index is 1000. The lowest BCUT2D eigenvalue weighted by atomic mass is 10.1. The standard InChI is InChI=1S/C19H18ClFN2O4/c1-25-15-8-14-17(19(27-3)18(15)26-2)10(9-22-14)6-16(24)23-11-4-5-13(21)12(20)7-11/h4-5,7-9,22H,6H2,1-3H3,(H,23,24). The highest BCUT2D eigenvalue weighted by atomic mass is 35.5. The minimum absolute atomic E-state index is 0.0570. The number of carbonyl (C=O) groups is 1. The zero-order valence-corrected chi connectivity index (χ0v) is 15.7. The van der Waals surface area contributed by atoms with Gasteiger partial charge in [-0.15, -0.1) is 0 Å². The van der Waals surface area contributed by atoms with Crippen molar-refractivity contribution < 1.29 is 23.4 Å². The smallest absolute Gasteiger partial charge is 0.228 e. The van der Waals surface area contributed by atoms with Crippen LogP contribution in [0.1, 0.15) is 5.56 Å². The van der Waals surface area contributed by atoms with Crippen molar-refractivity contribution in [3.63, 3.8) is 0 Å². The van der Waals surface area contributed by atoms with Crippen molar-refractivity contribution in [3.05, 3.63) is 46.9 Å². The van der Waals surface area contributed by atoms with E-state index >= 15 is 0 Å². The quantitative estimate of drug-likeness (QED) is 0.660. The number of halogens is 2. The molecule has 3 rings (SSSR count). The van der Waals surface area contributed by atoms with E-state index < -0.39 is 5.82 Å². The number of ether oxygens (including phenoxy) is 3. The number of rotatable bonds is 6. The van der Waals surface area contributed by atoms with E-state index in [0.717, 1.165) is 10.9 Å². The fourth-order valence-electron chi connectivity index (χ4n) is 2.92. The van der Waals surface area contributed by atoms with Crippen LogP contribution in [0.2, 0.25) is 5.02 Å². The summed E-state index contributed by atoms with van der Waals surface area (Å²) in [6.07, 6.45) is 1.80. The van der Waals surface area contributed by atoms with Gasteiger partial charge >= 0.3 is 0 Å². The molecule has 0 bridgehead atoms. The molecule has 6 nitrogen and oxygen atoms in total. The van der Waals surface area contributed by atoms with Gasteiger partial charge in [-0.25, -0.2) is 4.39 Å². The molecule has 1 aromatic heterocycles. The Labute approximate surface area is 160 Å². The summed E-state index contributed by atoms with van der Waals surface area (Å²) in [6.45, 7) is 0. The van der Waals surface area contributed by atoms with Crippen molar-refractivity contribution in [2.24, 2.45) is 0 Å². The van der Waals surface area contributed by atoms with Gasteiger partial charge in [0.1, 0.15) is 5.82 Å². The van der Waals surface area contributed by atoms with Crippen LogP contribution in [-0.4, -0.2) is 32.2 Å². The number of aromatic nitrogens is 1. The number of anilines is 1. The van der Waals surface area contributed by atoms with Crippen LogP contribution in [0.4, 0.5) is 10.1 Å². The van der Waals surface area contributed by atoms with Crippen molar-refractivity contribution in [2.75, 3.05) is 26.6 Å². The van der Waals surface area contributed by atoms with Crippen LogP contribution in [0.25, 0.3) is 10.9 Å². The first-order valence-electron chi connectivity index (χ1n) is 8.02. The summed E-state index contributed by atoms with van der Waals surface area (Å²) in [7, 11) is 4.58. The lowest BCUT2D eigenvalue weighted by molar-refractivity contribution is -0.115. The minimum atomic E-state index is -0.544. The van der Waals surface area contributed by atoms with Crippen LogP contribution in [0.3, 0.4) is 0 Å². The molecule has 0 saturated heterocycles. The topological polar surface area (TPSA) is 72.6 Å². The molecular weight excluding hydrogens is 375 g/mol. The lowest BCUT2D eigenvalue weighted by Crippen LogP contribution is -2.14. The number of amides is 1. The molecule has 1 amide bonds. The predicted molar refractivity (Wildman–Crippen MR) is 102 cm³/mol. The van der Waals surface area contributed by atoms with E-state index in [1.54, 1.807) is 12.3 Å². The van der Waals surface area contributed by atoms with Crippen molar-refractivity contribution in [1.82, 2.24) is 4.98 Å². The molecule has 0 aliphatic heterocycles. The van der Waals surface area contributed by atoms with Crippen LogP contribution >= 0.6 is 11.6 Å². The molecule has 142 valence electrons. The molecule has 1 heterocycles. The van der Waals surface area contributed by atoms with Gasteiger partial charge in [0.15, 0.2) is 11.5 Å². The minimum Gasteiger partial charge on any atom is -0.493 e. The summed E-state index contributed by atoms with van der Waals surface area (Å²) in [5.74, 6) is 0.605. The van der Waals surface area contributed by atoms with Gasteiger partial charge in [0, 0.05) is 23.3 Å². The van der Waals surface area contributed by atoms with Gasteiger partial charge in [-0.2, -0.15) is 0 Å². The molecule has 0 atom stereocenters. The highest BCUT2D eigenvalue weighted by Crippen LogP contribution is 2.44. The Morgan fingerprint density at radius 1 is 1.15 bits per heavy atom. The van der Waals surface area contributed by atoms with Crippen molar-refractivity contribution in [2.45, 2.75) is 6.42 Å². The van der Waals surface area contributed by atoms with Crippen LogP contribution < -0.4 is 19.5 Å². The number of carbonyl (C=O) groups excluding carboxylic acids is 1. The highest BCUT2D eigenvalue weighted by molar-refractivity contribution is 6.31. The second kappa shape index (κ2) is 7.75. The first kappa shape index (κ1) is 18.8. The molecule has 0 aliphatic rings. The zero-order chi connectivity index (χ0) is 19.6. The van der Waals surface area contributed by atoms with E-state index in [9.17, 15) is 9.18 Å². The number of benzene rings is 2. The first-order valence-corrected chi connectivity index (χ1v) is 8.40. The van der Waals surface area contributed by atoms with Crippen molar-refractivity contribution in [3.8, 4) is 17.2 Å². The van der Waals surface area contributed by atoms with E-state index in [0.29, 0.717) is 28.5 Å². The van der Waals surface area contributed by atoms with Gasteiger partial charge in [0.05, 0.1) is 38.3 Å². The lowest BCUT2D eigenvalue weighted by Gasteiger charge is -2.14. The van der Waals surface area contributed by atoms with E-state index in [1.807, 2.05) is 0 Å². The van der Waals surface area contributed by atoms with E-state index in [2.05, 4.69) is 10.3 Å². The molecule has 3 aromatic rings. The number of aromatic amines is 1. The van der Waals surface area contributed by atoms with Crippen molar-refractivity contribution >= 4 is 34.1 Å². The van der Waals surface area contributed by atoms with Gasteiger partial charge < -0.3 is 24.5 Å². The number of H-pyrrole nitrogens is 1. The largest absolute Gasteiger partial charge is 0.493 e. The molecule has 0 spiro atoms. The van der Waals surface area contributed by atoms with Gasteiger partial charge in [0.2, 0.25) is 11.7 Å². The summed E-state index contributed by atoms with van der Waals surface area (Å²) in [4.78, 5) is 15.5. The molecule has 0 aliphatic carbocycles. The fourth-order valence-corrected chi connectivity index (χ4v) is 3.10. The Kier molecular flexibility index (Phi) is 5.41. The molecule has 0 unspecified atom stereocenters. The molecule has 27 heavy (non-hydrogen) atoms. The zero-order valence-electron chi connectivity index (χ0n) is 15.0. The van der Waals surface area contributed by atoms with E-state index in [-0.39, 0.29) is 17.4 Å². The number of methoxy groups -OCH3 is 3. The molecule has 8 heteroatoms. The van der Waals surface area contributed by atoms with Crippen molar-refractivity contribution in [1.29, 1.82) is 0 Å². The van der Waals surface area contributed by atoms with Gasteiger partial charge in [0.25, 0.3) is 0 Å². The second-order valence-electron chi connectivity index (χ2n) is 5.74. The fraction of sp³-hybridized carbons (Fsp3) is 0.211. The summed E-state index contributed by atoms with van der Waals surface area (Å²) in [5.41, 5.74) is 1.88. The predicted octanol–water partition coefficient (Wildman–Crippen LogP) is 4.17. The Morgan fingerprint density at radius 2 is 1.89 bits per heavy atom. The average Bonchev–Trinajstić information content (AvgIpc) is 3.05. The third-order valence-corrected chi connectivity index (χ3v) is 4.40. The molecule has 2 aromatic carbocycles. The third kappa shape index (κ3) is 3.64. The van der Waals surface area contributed by atoms with Gasteiger partial charge in [-0.1, -0.05) is 11.6 Å². The summed E-state index contributed by atoms with van der Waals surface area (Å²) < 4.78 is 29.5. The molecular formula is C19H18ClFN2O4. The van der Waals surface area contributed by atoms with Crippen LogP contribution in [0.5, 0.6) is 17.2 Å². The third-order valence-electron chi connectivity index (χ3n) is 4.11. The maximum Gasteiger partial charge on any atom is 0.228 e. The van der Waals surface area contributed by atoms with Crippen LogP contribution in [0, 0.1) is 5.82 Å². The SMILES string of the molecule is COc1cc2[nH]cc(CC(=O)Nc3ccc(F)c(Cl)c3)c2c(OC)c1OC. The summed E-state index contributed by atoms with van der Waals surface area (Å²) >= 11 is 5.75. The van der Waals surface area contributed by atoms with Crippen LogP contribution in [0.15, 0.2) is 30.5 Å². The van der Waals surface area contributed by atoms with E-state index in [1.165, 1.54) is 39.5 Å². The van der Waals surface area contributed by atoms with Crippen LogP contribution in [-0.2, 0) is 11.2 Å². The van der Waals surface area contributed by atoms with E-state index in [4.69, 9.17) is 25.8 Å². The van der Waals surface area contributed by atoms with Gasteiger partial charge in [-0.3, -0.25) is 4.79 Å². The van der Waals surface area contributed by atoms with Gasteiger partial charge in [-0.05, 0) is 23.8 Å². The second-order valence-corrected chi connectivity index (χ2v) is 6.14. The molecule has 0 saturated carbocycles. The summed E-state index contributed by atoms with van der Waals surface area (Å²) in [5, 5.41) is 3.37. The monoisotopic (exact) mass is 392 g/mol. The average molecular weight is 393 g/mol. The first-order chi connectivity index (χ1) is 13.0. The molecule has 2 N–H and O–H groups in total.